The minimum atomic E-state index is -1.17. The molecule has 22 heavy (non-hydrogen) atoms. The van der Waals surface area contributed by atoms with E-state index in [1.807, 2.05) is 0 Å². The van der Waals surface area contributed by atoms with E-state index >= 15 is 0 Å². The lowest BCUT2D eigenvalue weighted by Gasteiger charge is -2.07. The summed E-state index contributed by atoms with van der Waals surface area (Å²) in [6, 6.07) is 4.08. The molecular weight excluding hydrogens is 321 g/mol. The fourth-order valence-electron chi connectivity index (χ4n) is 2.00. The maximum atomic E-state index is 13.7. The highest BCUT2D eigenvalue weighted by atomic mass is 35.5. The van der Waals surface area contributed by atoms with E-state index in [2.05, 4.69) is 4.99 Å². The Morgan fingerprint density at radius 1 is 1.14 bits per heavy atom. The zero-order valence-corrected chi connectivity index (χ0v) is 11.6. The summed E-state index contributed by atoms with van der Waals surface area (Å²) < 4.78 is 50.7. The van der Waals surface area contributed by atoms with Crippen LogP contribution in [-0.4, -0.2) is 12.6 Å². The molecule has 0 unspecified atom stereocenters. The van der Waals surface area contributed by atoms with Gasteiger partial charge in [0.25, 0.3) is 0 Å². The van der Waals surface area contributed by atoms with E-state index < -0.39 is 28.9 Å². The molecule has 0 fully saturated rings. The average molecular weight is 329 g/mol. The van der Waals surface area contributed by atoms with Crippen molar-refractivity contribution in [1.82, 2.24) is 0 Å². The number of nitrogens with zero attached hydrogens (tertiary/aromatic N) is 1. The van der Waals surface area contributed by atoms with Crippen LogP contribution in [0.25, 0.3) is 0 Å². The minimum absolute atomic E-state index is 0.0304. The SMILES string of the molecule is NC(=Nc1c(Cl)ccc2c1OCO2)c1c(F)cc(F)cc1F. The van der Waals surface area contributed by atoms with Crippen LogP contribution >= 0.6 is 11.6 Å². The molecule has 0 amide bonds. The molecule has 1 heterocycles. The molecule has 0 saturated carbocycles. The molecular formula is C14H8ClF3N2O2. The molecule has 1 aliphatic rings. The molecule has 0 aromatic heterocycles. The zero-order valence-electron chi connectivity index (χ0n) is 10.9. The van der Waals surface area contributed by atoms with E-state index in [1.165, 1.54) is 6.07 Å². The van der Waals surface area contributed by atoms with Gasteiger partial charge in [0.2, 0.25) is 6.79 Å². The van der Waals surface area contributed by atoms with Crippen molar-refractivity contribution in [2.24, 2.45) is 10.7 Å². The van der Waals surface area contributed by atoms with Gasteiger partial charge in [0, 0.05) is 12.1 Å². The van der Waals surface area contributed by atoms with Gasteiger partial charge < -0.3 is 15.2 Å². The monoisotopic (exact) mass is 328 g/mol. The fraction of sp³-hybridized carbons (Fsp3) is 0.0714. The number of rotatable bonds is 2. The molecule has 0 aliphatic carbocycles. The molecule has 114 valence electrons. The lowest BCUT2D eigenvalue weighted by atomic mass is 10.1. The molecule has 2 aromatic rings. The molecule has 0 bridgehead atoms. The first-order valence-corrected chi connectivity index (χ1v) is 6.42. The molecule has 0 atom stereocenters. The third kappa shape index (κ3) is 2.43. The number of nitrogens with two attached hydrogens (primary N) is 1. The Labute approximate surface area is 127 Å². The van der Waals surface area contributed by atoms with Gasteiger partial charge in [-0.1, -0.05) is 11.6 Å². The molecule has 2 aromatic carbocycles. The maximum Gasteiger partial charge on any atom is 0.231 e. The molecule has 0 spiro atoms. The minimum Gasteiger partial charge on any atom is -0.454 e. The van der Waals surface area contributed by atoms with Crippen LogP contribution in [0.4, 0.5) is 18.9 Å². The van der Waals surface area contributed by atoms with Crippen LogP contribution in [0, 0.1) is 17.5 Å². The number of halogens is 4. The van der Waals surface area contributed by atoms with Gasteiger partial charge in [-0.15, -0.1) is 0 Å². The highest BCUT2D eigenvalue weighted by molar-refractivity contribution is 6.33. The first kappa shape index (κ1) is 14.5. The van der Waals surface area contributed by atoms with Crippen molar-refractivity contribution >= 4 is 23.1 Å². The van der Waals surface area contributed by atoms with Crippen LogP contribution in [0.15, 0.2) is 29.3 Å². The fourth-order valence-corrected chi connectivity index (χ4v) is 2.19. The van der Waals surface area contributed by atoms with Crippen LogP contribution in [0.3, 0.4) is 0 Å². The Hall–Kier alpha value is -2.41. The summed E-state index contributed by atoms with van der Waals surface area (Å²) in [7, 11) is 0. The van der Waals surface area contributed by atoms with E-state index in [0.717, 1.165) is 0 Å². The van der Waals surface area contributed by atoms with Gasteiger partial charge in [-0.05, 0) is 12.1 Å². The smallest absolute Gasteiger partial charge is 0.231 e. The molecule has 0 saturated heterocycles. The quantitative estimate of drug-likeness (QED) is 0.678. The van der Waals surface area contributed by atoms with Gasteiger partial charge in [-0.25, -0.2) is 18.2 Å². The summed E-state index contributed by atoms with van der Waals surface area (Å²) in [5, 5.41) is 0.162. The van der Waals surface area contributed by atoms with Crippen molar-refractivity contribution in [3.8, 4) is 11.5 Å². The second-order valence-electron chi connectivity index (χ2n) is 4.37. The molecule has 4 nitrogen and oxygen atoms in total. The van der Waals surface area contributed by atoms with Gasteiger partial charge in [-0.2, -0.15) is 0 Å². The second-order valence-corrected chi connectivity index (χ2v) is 4.78. The van der Waals surface area contributed by atoms with Crippen LogP contribution in [-0.2, 0) is 0 Å². The highest BCUT2D eigenvalue weighted by Gasteiger charge is 2.22. The molecule has 1 aliphatic heterocycles. The summed E-state index contributed by atoms with van der Waals surface area (Å²) in [5.41, 5.74) is 5.07. The van der Waals surface area contributed by atoms with Crippen molar-refractivity contribution in [2.75, 3.05) is 6.79 Å². The molecule has 3 rings (SSSR count). The Morgan fingerprint density at radius 2 is 1.82 bits per heavy atom. The van der Waals surface area contributed by atoms with Gasteiger partial charge >= 0.3 is 0 Å². The van der Waals surface area contributed by atoms with E-state index in [-0.39, 0.29) is 23.3 Å². The van der Waals surface area contributed by atoms with Crippen LogP contribution < -0.4 is 15.2 Å². The van der Waals surface area contributed by atoms with Crippen LogP contribution in [0.1, 0.15) is 5.56 Å². The number of amidine groups is 1. The first-order chi connectivity index (χ1) is 10.5. The van der Waals surface area contributed by atoms with Crippen molar-refractivity contribution < 1.29 is 22.6 Å². The zero-order chi connectivity index (χ0) is 15.9. The summed E-state index contributed by atoms with van der Waals surface area (Å²) in [6.07, 6.45) is 0. The highest BCUT2D eigenvalue weighted by Crippen LogP contribution is 2.45. The predicted octanol–water partition coefficient (Wildman–Crippen LogP) is 3.52. The summed E-state index contributed by atoms with van der Waals surface area (Å²) in [5.74, 6) is -3.28. The van der Waals surface area contributed by atoms with Crippen LogP contribution in [0.2, 0.25) is 5.02 Å². The topological polar surface area (TPSA) is 56.8 Å². The van der Waals surface area contributed by atoms with Gasteiger partial charge in [0.15, 0.2) is 11.5 Å². The Bertz CT molecular complexity index is 773. The maximum absolute atomic E-state index is 13.7. The third-order valence-corrected chi connectivity index (χ3v) is 3.26. The Kier molecular flexibility index (Phi) is 3.58. The number of ether oxygens (including phenoxy) is 2. The first-order valence-electron chi connectivity index (χ1n) is 6.04. The van der Waals surface area contributed by atoms with Crippen molar-refractivity contribution in [2.45, 2.75) is 0 Å². The number of aliphatic imine (C=N–C) groups is 1. The number of benzene rings is 2. The summed E-state index contributed by atoms with van der Waals surface area (Å²) in [6.45, 7) is -0.0304. The number of hydrogen-bond donors (Lipinski definition) is 1. The van der Waals surface area contributed by atoms with Crippen molar-refractivity contribution in [3.05, 3.63) is 52.3 Å². The second kappa shape index (κ2) is 5.42. The van der Waals surface area contributed by atoms with E-state index in [0.29, 0.717) is 17.9 Å². The predicted molar refractivity (Wildman–Crippen MR) is 74.3 cm³/mol. The normalized spacial score (nSPS) is 13.5. The van der Waals surface area contributed by atoms with E-state index in [1.54, 1.807) is 6.07 Å². The van der Waals surface area contributed by atoms with Crippen LogP contribution in [0.5, 0.6) is 11.5 Å². The number of fused-ring (bicyclic) bond motifs is 1. The van der Waals surface area contributed by atoms with E-state index in [9.17, 15) is 13.2 Å². The lowest BCUT2D eigenvalue weighted by Crippen LogP contribution is -2.17. The van der Waals surface area contributed by atoms with Gasteiger partial charge in [-0.3, -0.25) is 0 Å². The number of hydrogen-bond acceptors (Lipinski definition) is 3. The lowest BCUT2D eigenvalue weighted by molar-refractivity contribution is 0.174. The van der Waals surface area contributed by atoms with Gasteiger partial charge in [0.05, 0.1) is 10.6 Å². The molecule has 0 radical (unpaired) electrons. The Balaban J connectivity index is 2.13. The Morgan fingerprint density at radius 3 is 2.50 bits per heavy atom. The summed E-state index contributed by atoms with van der Waals surface area (Å²) in [4.78, 5) is 3.91. The van der Waals surface area contributed by atoms with Crippen molar-refractivity contribution in [3.63, 3.8) is 0 Å². The summed E-state index contributed by atoms with van der Waals surface area (Å²) >= 11 is 6.00. The van der Waals surface area contributed by atoms with Gasteiger partial charge in [0.1, 0.15) is 29.0 Å². The standard InChI is InChI=1S/C14H8ClF3N2O2/c15-7-1-2-10-13(22-5-21-10)12(7)20-14(19)11-8(17)3-6(16)4-9(11)18/h1-4H,5H2,(H2,19,20). The third-order valence-electron chi connectivity index (χ3n) is 2.96. The largest absolute Gasteiger partial charge is 0.454 e. The van der Waals surface area contributed by atoms with E-state index in [4.69, 9.17) is 26.8 Å². The average Bonchev–Trinajstić information content (AvgIpc) is 2.89. The van der Waals surface area contributed by atoms with Crippen molar-refractivity contribution in [1.29, 1.82) is 0 Å². The molecule has 8 heteroatoms. The molecule has 2 N–H and O–H groups in total.